The SMILES string of the molecule is CCN(CC)CCNC(=O)c1ccc(N2CCC(Cc3ccccc3)CC2)nn1. The van der Waals surface area contributed by atoms with Gasteiger partial charge in [0.2, 0.25) is 0 Å². The summed E-state index contributed by atoms with van der Waals surface area (Å²) in [7, 11) is 0. The van der Waals surface area contributed by atoms with Gasteiger partial charge in [0.15, 0.2) is 11.5 Å². The summed E-state index contributed by atoms with van der Waals surface area (Å²) in [5.74, 6) is 1.43. The van der Waals surface area contributed by atoms with E-state index in [1.54, 1.807) is 6.07 Å². The first-order valence-corrected chi connectivity index (χ1v) is 10.8. The molecule has 2 heterocycles. The molecule has 2 aromatic rings. The lowest BCUT2D eigenvalue weighted by molar-refractivity contribution is 0.0943. The zero-order valence-corrected chi connectivity index (χ0v) is 17.7. The van der Waals surface area contributed by atoms with E-state index in [1.807, 2.05) is 6.07 Å². The maximum atomic E-state index is 12.3. The largest absolute Gasteiger partial charge is 0.355 e. The third kappa shape index (κ3) is 6.26. The highest BCUT2D eigenvalue weighted by Crippen LogP contribution is 2.24. The van der Waals surface area contributed by atoms with Crippen molar-refractivity contribution in [3.63, 3.8) is 0 Å². The Balaban J connectivity index is 1.45. The van der Waals surface area contributed by atoms with Crippen molar-refractivity contribution < 1.29 is 4.79 Å². The van der Waals surface area contributed by atoms with Crippen molar-refractivity contribution in [3.05, 3.63) is 53.7 Å². The number of rotatable bonds is 9. The summed E-state index contributed by atoms with van der Waals surface area (Å²) in [6.45, 7) is 9.68. The number of carbonyl (C=O) groups is 1. The van der Waals surface area contributed by atoms with Crippen LogP contribution < -0.4 is 10.2 Å². The van der Waals surface area contributed by atoms with Crippen LogP contribution in [0.2, 0.25) is 0 Å². The number of hydrogen-bond acceptors (Lipinski definition) is 5. The first kappa shape index (κ1) is 21.2. The summed E-state index contributed by atoms with van der Waals surface area (Å²) in [5, 5.41) is 11.4. The average molecular weight is 396 g/mol. The Hall–Kier alpha value is -2.47. The molecular formula is C23H33N5O. The molecule has 1 aromatic heterocycles. The van der Waals surface area contributed by atoms with E-state index >= 15 is 0 Å². The first-order valence-electron chi connectivity index (χ1n) is 10.8. The lowest BCUT2D eigenvalue weighted by Crippen LogP contribution is -2.36. The summed E-state index contributed by atoms with van der Waals surface area (Å²) in [6.07, 6.45) is 3.46. The molecule has 3 rings (SSSR count). The molecule has 0 unspecified atom stereocenters. The second kappa shape index (κ2) is 10.9. The minimum Gasteiger partial charge on any atom is -0.355 e. The Morgan fingerprint density at radius 2 is 1.79 bits per heavy atom. The fraction of sp³-hybridized carbons (Fsp3) is 0.522. The fourth-order valence-electron chi connectivity index (χ4n) is 3.89. The molecule has 1 saturated heterocycles. The Labute approximate surface area is 174 Å². The highest BCUT2D eigenvalue weighted by molar-refractivity contribution is 5.92. The fourth-order valence-corrected chi connectivity index (χ4v) is 3.89. The molecular weight excluding hydrogens is 362 g/mol. The van der Waals surface area contributed by atoms with E-state index in [1.165, 1.54) is 5.56 Å². The van der Waals surface area contributed by atoms with Crippen LogP contribution in [0.1, 0.15) is 42.7 Å². The number of carbonyl (C=O) groups excluding carboxylic acids is 1. The van der Waals surface area contributed by atoms with E-state index in [0.717, 1.165) is 63.7 Å². The van der Waals surface area contributed by atoms with Crippen LogP contribution in [-0.4, -0.2) is 60.3 Å². The molecule has 1 N–H and O–H groups in total. The van der Waals surface area contributed by atoms with Crippen LogP contribution in [0.15, 0.2) is 42.5 Å². The zero-order chi connectivity index (χ0) is 20.5. The number of likely N-dealkylation sites (N-methyl/N-ethyl adjacent to an activating group) is 1. The molecule has 1 aliphatic rings. The molecule has 6 heteroatoms. The molecule has 1 fully saturated rings. The lowest BCUT2D eigenvalue weighted by atomic mass is 9.90. The van der Waals surface area contributed by atoms with Gasteiger partial charge >= 0.3 is 0 Å². The van der Waals surface area contributed by atoms with Crippen molar-refractivity contribution in [3.8, 4) is 0 Å². The highest BCUT2D eigenvalue weighted by Gasteiger charge is 2.21. The molecule has 0 aliphatic carbocycles. The summed E-state index contributed by atoms with van der Waals surface area (Å²) in [4.78, 5) is 16.8. The Kier molecular flexibility index (Phi) is 7.99. The normalized spacial score (nSPS) is 14.9. The first-order chi connectivity index (χ1) is 14.2. The molecule has 1 aliphatic heterocycles. The number of nitrogens with zero attached hydrogens (tertiary/aromatic N) is 4. The third-order valence-electron chi connectivity index (χ3n) is 5.80. The maximum Gasteiger partial charge on any atom is 0.271 e. The number of anilines is 1. The molecule has 0 atom stereocenters. The van der Waals surface area contributed by atoms with Gasteiger partial charge in [0.05, 0.1) is 0 Å². The second-order valence-corrected chi connectivity index (χ2v) is 7.68. The zero-order valence-electron chi connectivity index (χ0n) is 17.7. The number of aromatic nitrogens is 2. The average Bonchev–Trinajstić information content (AvgIpc) is 2.78. The quantitative estimate of drug-likeness (QED) is 0.707. The van der Waals surface area contributed by atoms with Crippen LogP contribution in [0.3, 0.4) is 0 Å². The van der Waals surface area contributed by atoms with Crippen molar-refractivity contribution in [1.82, 2.24) is 20.4 Å². The topological polar surface area (TPSA) is 61.4 Å². The van der Waals surface area contributed by atoms with Crippen molar-refractivity contribution in [2.45, 2.75) is 33.1 Å². The summed E-state index contributed by atoms with van der Waals surface area (Å²) in [5.41, 5.74) is 1.80. The molecule has 6 nitrogen and oxygen atoms in total. The minimum atomic E-state index is -0.155. The monoisotopic (exact) mass is 395 g/mol. The van der Waals surface area contributed by atoms with Gasteiger partial charge in [0, 0.05) is 26.2 Å². The molecule has 1 aromatic carbocycles. The van der Waals surface area contributed by atoms with Gasteiger partial charge in [0.1, 0.15) is 0 Å². The summed E-state index contributed by atoms with van der Waals surface area (Å²) >= 11 is 0. The smallest absolute Gasteiger partial charge is 0.271 e. The number of nitrogens with one attached hydrogen (secondary N) is 1. The van der Waals surface area contributed by atoms with E-state index in [0.29, 0.717) is 12.2 Å². The van der Waals surface area contributed by atoms with Crippen LogP contribution in [-0.2, 0) is 6.42 Å². The number of hydrogen-bond donors (Lipinski definition) is 1. The number of piperidine rings is 1. The summed E-state index contributed by atoms with van der Waals surface area (Å²) in [6, 6.07) is 14.4. The van der Waals surface area contributed by atoms with E-state index in [9.17, 15) is 4.79 Å². The molecule has 0 spiro atoms. The Morgan fingerprint density at radius 3 is 2.41 bits per heavy atom. The predicted octanol–water partition coefficient (Wildman–Crippen LogP) is 3.01. The predicted molar refractivity (Wildman–Crippen MR) is 117 cm³/mol. The van der Waals surface area contributed by atoms with Gasteiger partial charge in [-0.3, -0.25) is 4.79 Å². The van der Waals surface area contributed by atoms with Crippen molar-refractivity contribution in [1.29, 1.82) is 0 Å². The van der Waals surface area contributed by atoms with Crippen LogP contribution in [0.4, 0.5) is 5.82 Å². The van der Waals surface area contributed by atoms with Gasteiger partial charge in [0.25, 0.3) is 5.91 Å². The highest BCUT2D eigenvalue weighted by atomic mass is 16.1. The van der Waals surface area contributed by atoms with Gasteiger partial charge in [-0.15, -0.1) is 10.2 Å². The third-order valence-corrected chi connectivity index (χ3v) is 5.80. The molecule has 1 amide bonds. The van der Waals surface area contributed by atoms with Crippen LogP contribution in [0, 0.1) is 5.92 Å². The summed E-state index contributed by atoms with van der Waals surface area (Å²) < 4.78 is 0. The van der Waals surface area contributed by atoms with Gasteiger partial charge in [-0.1, -0.05) is 44.2 Å². The van der Waals surface area contributed by atoms with Gasteiger partial charge < -0.3 is 15.1 Å². The minimum absolute atomic E-state index is 0.155. The standard InChI is InChI=1S/C23H33N5O/c1-3-27(4-2)17-14-24-23(29)21-10-11-22(26-25-21)28-15-12-20(13-16-28)18-19-8-6-5-7-9-19/h5-11,20H,3-4,12-18H2,1-2H3,(H,24,29). The van der Waals surface area contributed by atoms with E-state index in [2.05, 4.69) is 69.5 Å². The van der Waals surface area contributed by atoms with E-state index in [4.69, 9.17) is 0 Å². The van der Waals surface area contributed by atoms with Gasteiger partial charge in [-0.25, -0.2) is 0 Å². The Morgan fingerprint density at radius 1 is 1.07 bits per heavy atom. The number of benzene rings is 1. The van der Waals surface area contributed by atoms with Crippen molar-refractivity contribution >= 4 is 11.7 Å². The van der Waals surface area contributed by atoms with Gasteiger partial charge in [-0.05, 0) is 56.0 Å². The Bertz CT molecular complexity index is 738. The molecule has 0 saturated carbocycles. The molecule has 0 bridgehead atoms. The molecule has 0 radical (unpaired) electrons. The van der Waals surface area contributed by atoms with Crippen LogP contribution in [0.5, 0.6) is 0 Å². The van der Waals surface area contributed by atoms with Crippen molar-refractivity contribution in [2.75, 3.05) is 44.2 Å². The molecule has 156 valence electrons. The molecule has 29 heavy (non-hydrogen) atoms. The maximum absolute atomic E-state index is 12.3. The lowest BCUT2D eigenvalue weighted by Gasteiger charge is -2.32. The van der Waals surface area contributed by atoms with E-state index in [-0.39, 0.29) is 5.91 Å². The van der Waals surface area contributed by atoms with Crippen LogP contribution >= 0.6 is 0 Å². The van der Waals surface area contributed by atoms with Gasteiger partial charge in [-0.2, -0.15) is 0 Å². The van der Waals surface area contributed by atoms with E-state index < -0.39 is 0 Å². The van der Waals surface area contributed by atoms with Crippen LogP contribution in [0.25, 0.3) is 0 Å². The van der Waals surface area contributed by atoms with Crippen molar-refractivity contribution in [2.24, 2.45) is 5.92 Å². The second-order valence-electron chi connectivity index (χ2n) is 7.68. The number of amides is 1.